The first kappa shape index (κ1) is 15.0. The van der Waals surface area contributed by atoms with Gasteiger partial charge in [0.2, 0.25) is 0 Å². The second-order valence-electron chi connectivity index (χ2n) is 5.96. The summed E-state index contributed by atoms with van der Waals surface area (Å²) in [6, 6.07) is 9.22. The normalized spacial score (nSPS) is 12.7. The molecule has 5 heteroatoms. The molecule has 0 unspecified atom stereocenters. The van der Waals surface area contributed by atoms with E-state index in [0.717, 1.165) is 10.9 Å². The predicted octanol–water partition coefficient (Wildman–Crippen LogP) is 1.49. The minimum Gasteiger partial charge on any atom is -0.423 e. The predicted molar refractivity (Wildman–Crippen MR) is 80.8 cm³/mol. The number of benzene rings is 1. The van der Waals surface area contributed by atoms with E-state index in [1.54, 1.807) is 40.0 Å². The van der Waals surface area contributed by atoms with Crippen molar-refractivity contribution in [3.05, 3.63) is 36.5 Å². The van der Waals surface area contributed by atoms with E-state index in [1.165, 1.54) is 0 Å². The van der Waals surface area contributed by atoms with Gasteiger partial charge in [-0.25, -0.2) is 0 Å². The molecular formula is C15H20BNO3. The molecule has 4 nitrogen and oxygen atoms in total. The second-order valence-corrected chi connectivity index (χ2v) is 5.96. The quantitative estimate of drug-likeness (QED) is 0.828. The smallest absolute Gasteiger partial charge is 0.423 e. The minimum atomic E-state index is -1.12. The van der Waals surface area contributed by atoms with Gasteiger partial charge >= 0.3 is 7.12 Å². The van der Waals surface area contributed by atoms with Crippen LogP contribution in [-0.4, -0.2) is 33.4 Å². The van der Waals surface area contributed by atoms with Gasteiger partial charge in [0.1, 0.15) is 0 Å². The van der Waals surface area contributed by atoms with E-state index in [0.29, 0.717) is 5.46 Å². The summed E-state index contributed by atoms with van der Waals surface area (Å²) >= 11 is 0. The lowest BCUT2D eigenvalue weighted by molar-refractivity contribution is -0.0982. The largest absolute Gasteiger partial charge is 0.492 e. The molecule has 2 aromatic rings. The molecule has 1 aromatic heterocycles. The summed E-state index contributed by atoms with van der Waals surface area (Å²) in [6.45, 7) is 6.81. The molecule has 106 valence electrons. The molecule has 0 fully saturated rings. The van der Waals surface area contributed by atoms with Gasteiger partial charge in [0, 0.05) is 6.20 Å². The van der Waals surface area contributed by atoms with Crippen LogP contribution in [0.4, 0.5) is 0 Å². The van der Waals surface area contributed by atoms with Crippen LogP contribution in [0.3, 0.4) is 0 Å². The summed E-state index contributed by atoms with van der Waals surface area (Å²) in [5, 5.41) is 21.3. The van der Waals surface area contributed by atoms with Gasteiger partial charge in [0.15, 0.2) is 0 Å². The average Bonchev–Trinajstić information content (AvgIpc) is 2.36. The summed E-state index contributed by atoms with van der Waals surface area (Å²) in [7, 11) is -1.12. The molecule has 20 heavy (non-hydrogen) atoms. The van der Waals surface area contributed by atoms with E-state index < -0.39 is 18.3 Å². The van der Waals surface area contributed by atoms with Gasteiger partial charge in [-0.1, -0.05) is 18.2 Å². The number of nitrogens with zero attached hydrogens (tertiary/aromatic N) is 1. The number of aromatic nitrogens is 1. The van der Waals surface area contributed by atoms with Crippen molar-refractivity contribution in [2.75, 3.05) is 0 Å². The number of fused-ring (bicyclic) bond motifs is 1. The first-order valence-electron chi connectivity index (χ1n) is 6.64. The standard InChI is InChI=1S/C15H20BNO3/c1-14(2,18)15(3,4)20-16(19)12-8-5-9-13-11(12)7-6-10-17-13/h5-10,18-19H,1-4H3. The Balaban J connectivity index is 2.35. The highest BCUT2D eigenvalue weighted by Crippen LogP contribution is 2.25. The highest BCUT2D eigenvalue weighted by molar-refractivity contribution is 6.63. The molecule has 0 aliphatic heterocycles. The summed E-state index contributed by atoms with van der Waals surface area (Å²) < 4.78 is 5.67. The van der Waals surface area contributed by atoms with Crippen LogP contribution in [0.2, 0.25) is 0 Å². The Morgan fingerprint density at radius 2 is 1.80 bits per heavy atom. The summed E-state index contributed by atoms with van der Waals surface area (Å²) in [5.74, 6) is 0. The number of hydrogen-bond acceptors (Lipinski definition) is 4. The molecule has 0 aliphatic carbocycles. The third kappa shape index (κ3) is 2.85. The van der Waals surface area contributed by atoms with Crippen molar-refractivity contribution in [1.29, 1.82) is 0 Å². The Labute approximate surface area is 119 Å². The van der Waals surface area contributed by atoms with Crippen LogP contribution >= 0.6 is 0 Å². The number of pyridine rings is 1. The van der Waals surface area contributed by atoms with Gasteiger partial charge < -0.3 is 14.8 Å². The first-order chi connectivity index (χ1) is 9.22. The van der Waals surface area contributed by atoms with Crippen LogP contribution in [0.15, 0.2) is 36.5 Å². The topological polar surface area (TPSA) is 62.6 Å². The van der Waals surface area contributed by atoms with Crippen molar-refractivity contribution in [2.24, 2.45) is 0 Å². The van der Waals surface area contributed by atoms with Gasteiger partial charge in [-0.05, 0) is 50.7 Å². The zero-order valence-electron chi connectivity index (χ0n) is 12.3. The highest BCUT2D eigenvalue weighted by Gasteiger charge is 2.39. The van der Waals surface area contributed by atoms with Crippen LogP contribution in [-0.2, 0) is 4.65 Å². The SMILES string of the molecule is CC(C)(O)C(C)(C)OB(O)c1cccc2ncccc12. The molecule has 0 atom stereocenters. The van der Waals surface area contributed by atoms with E-state index in [2.05, 4.69) is 4.98 Å². The molecule has 2 rings (SSSR count). The Morgan fingerprint density at radius 3 is 2.45 bits per heavy atom. The lowest BCUT2D eigenvalue weighted by atomic mass is 9.74. The maximum Gasteiger partial charge on any atom is 0.492 e. The third-order valence-corrected chi connectivity index (χ3v) is 3.83. The number of rotatable bonds is 4. The van der Waals surface area contributed by atoms with Crippen molar-refractivity contribution in [2.45, 2.75) is 38.9 Å². The van der Waals surface area contributed by atoms with Gasteiger partial charge in [-0.2, -0.15) is 0 Å². The van der Waals surface area contributed by atoms with E-state index in [9.17, 15) is 10.1 Å². The molecule has 0 radical (unpaired) electrons. The fourth-order valence-electron chi connectivity index (χ4n) is 1.83. The first-order valence-corrected chi connectivity index (χ1v) is 6.64. The zero-order chi connectivity index (χ0) is 15.0. The Morgan fingerprint density at radius 1 is 1.10 bits per heavy atom. The van der Waals surface area contributed by atoms with Crippen molar-refractivity contribution >= 4 is 23.5 Å². The molecule has 0 aliphatic rings. The number of aliphatic hydroxyl groups is 1. The van der Waals surface area contributed by atoms with Crippen LogP contribution < -0.4 is 5.46 Å². The van der Waals surface area contributed by atoms with Gasteiger partial charge in [-0.3, -0.25) is 4.98 Å². The van der Waals surface area contributed by atoms with Crippen LogP contribution in [0.5, 0.6) is 0 Å². The van der Waals surface area contributed by atoms with Crippen molar-refractivity contribution in [3.8, 4) is 0 Å². The van der Waals surface area contributed by atoms with Crippen molar-refractivity contribution < 1.29 is 14.8 Å². The van der Waals surface area contributed by atoms with E-state index in [4.69, 9.17) is 4.65 Å². The number of hydrogen-bond donors (Lipinski definition) is 2. The molecule has 0 amide bonds. The van der Waals surface area contributed by atoms with Crippen LogP contribution in [0.25, 0.3) is 10.9 Å². The molecule has 0 saturated carbocycles. The molecule has 2 N–H and O–H groups in total. The van der Waals surface area contributed by atoms with E-state index in [-0.39, 0.29) is 0 Å². The molecule has 1 heterocycles. The summed E-state index contributed by atoms with van der Waals surface area (Å²) in [5.41, 5.74) is -0.519. The molecule has 0 saturated heterocycles. The Kier molecular flexibility index (Phi) is 3.87. The third-order valence-electron chi connectivity index (χ3n) is 3.83. The van der Waals surface area contributed by atoms with Gasteiger partial charge in [0.05, 0.1) is 16.7 Å². The van der Waals surface area contributed by atoms with Gasteiger partial charge in [0.25, 0.3) is 0 Å². The molecule has 0 spiro atoms. The summed E-state index contributed by atoms with van der Waals surface area (Å²) in [4.78, 5) is 4.25. The van der Waals surface area contributed by atoms with Crippen LogP contribution in [0, 0.1) is 0 Å². The van der Waals surface area contributed by atoms with E-state index in [1.807, 2.05) is 24.3 Å². The second kappa shape index (κ2) is 5.16. The minimum absolute atomic E-state index is 0.646. The van der Waals surface area contributed by atoms with Crippen LogP contribution in [0.1, 0.15) is 27.7 Å². The maximum absolute atomic E-state index is 10.4. The van der Waals surface area contributed by atoms with Crippen molar-refractivity contribution in [3.63, 3.8) is 0 Å². The monoisotopic (exact) mass is 273 g/mol. The summed E-state index contributed by atoms with van der Waals surface area (Å²) in [6.07, 6.45) is 1.71. The highest BCUT2D eigenvalue weighted by atomic mass is 16.5. The zero-order valence-corrected chi connectivity index (χ0v) is 12.3. The molecular weight excluding hydrogens is 253 g/mol. The fraction of sp³-hybridized carbons (Fsp3) is 0.400. The maximum atomic E-state index is 10.4. The lowest BCUT2D eigenvalue weighted by Gasteiger charge is -2.38. The van der Waals surface area contributed by atoms with Crippen molar-refractivity contribution in [1.82, 2.24) is 4.98 Å². The average molecular weight is 273 g/mol. The van der Waals surface area contributed by atoms with Gasteiger partial charge in [-0.15, -0.1) is 0 Å². The fourth-order valence-corrected chi connectivity index (χ4v) is 1.83. The Hall–Kier alpha value is -1.43. The lowest BCUT2D eigenvalue weighted by Crippen LogP contribution is -2.53. The van der Waals surface area contributed by atoms with E-state index >= 15 is 0 Å². The Bertz CT molecular complexity index is 602. The molecule has 0 bridgehead atoms. The molecule has 1 aromatic carbocycles.